The normalized spacial score (nSPS) is 17.4. The van der Waals surface area contributed by atoms with Crippen LogP contribution in [0.4, 0.5) is 0 Å². The van der Waals surface area contributed by atoms with E-state index in [-0.39, 0.29) is 12.0 Å². The average Bonchev–Trinajstić information content (AvgIpc) is 2.44. The van der Waals surface area contributed by atoms with Gasteiger partial charge in [0.15, 0.2) is 0 Å². The van der Waals surface area contributed by atoms with Gasteiger partial charge in [-0.1, -0.05) is 18.2 Å². The Kier molecular flexibility index (Phi) is 3.55. The summed E-state index contributed by atoms with van der Waals surface area (Å²) < 4.78 is 5.24. The third-order valence-corrected chi connectivity index (χ3v) is 4.36. The fourth-order valence-corrected chi connectivity index (χ4v) is 2.83. The van der Waals surface area contributed by atoms with E-state index in [1.165, 1.54) is 10.9 Å². The molecule has 1 aliphatic rings. The van der Waals surface area contributed by atoms with Crippen molar-refractivity contribution < 1.29 is 14.6 Å². The van der Waals surface area contributed by atoms with Gasteiger partial charge in [-0.05, 0) is 41.5 Å². The SMILES string of the molecule is COc1ccc2cc(C(C)N3CC(C(=O)O)C3)ccc2c1. The zero-order chi connectivity index (χ0) is 15.0. The maximum atomic E-state index is 10.9. The maximum Gasteiger partial charge on any atom is 0.309 e. The van der Waals surface area contributed by atoms with E-state index in [1.54, 1.807) is 7.11 Å². The lowest BCUT2D eigenvalue weighted by molar-refractivity contribution is -0.148. The zero-order valence-corrected chi connectivity index (χ0v) is 12.2. The Morgan fingerprint density at radius 2 is 1.90 bits per heavy atom. The number of likely N-dealkylation sites (tertiary alicyclic amines) is 1. The van der Waals surface area contributed by atoms with E-state index in [9.17, 15) is 4.79 Å². The van der Waals surface area contributed by atoms with Crippen molar-refractivity contribution in [1.82, 2.24) is 4.90 Å². The lowest BCUT2D eigenvalue weighted by Crippen LogP contribution is -2.51. The summed E-state index contributed by atoms with van der Waals surface area (Å²) in [4.78, 5) is 13.1. The number of carbonyl (C=O) groups is 1. The lowest BCUT2D eigenvalue weighted by Gasteiger charge is -2.41. The number of methoxy groups -OCH3 is 1. The van der Waals surface area contributed by atoms with Crippen LogP contribution >= 0.6 is 0 Å². The summed E-state index contributed by atoms with van der Waals surface area (Å²) in [6, 6.07) is 12.7. The highest BCUT2D eigenvalue weighted by Gasteiger charge is 2.35. The minimum atomic E-state index is -0.691. The molecule has 0 radical (unpaired) electrons. The molecule has 0 saturated carbocycles. The summed E-state index contributed by atoms with van der Waals surface area (Å²) in [5.41, 5.74) is 1.22. The molecule has 1 atom stereocenters. The van der Waals surface area contributed by atoms with Gasteiger partial charge >= 0.3 is 5.97 Å². The first-order valence-corrected chi connectivity index (χ1v) is 7.13. The summed E-state index contributed by atoms with van der Waals surface area (Å²) in [6.45, 7) is 3.40. The van der Waals surface area contributed by atoms with Crippen LogP contribution in [-0.2, 0) is 4.79 Å². The van der Waals surface area contributed by atoms with Gasteiger partial charge in [0.05, 0.1) is 13.0 Å². The van der Waals surface area contributed by atoms with Crippen LogP contribution in [0.2, 0.25) is 0 Å². The number of hydrogen-bond acceptors (Lipinski definition) is 3. The molecule has 1 fully saturated rings. The molecular formula is C17H19NO3. The van der Waals surface area contributed by atoms with E-state index in [2.05, 4.69) is 36.1 Å². The molecule has 2 aromatic rings. The predicted octanol–water partition coefficient (Wildman–Crippen LogP) is 2.93. The van der Waals surface area contributed by atoms with Crippen molar-refractivity contribution in [2.24, 2.45) is 5.92 Å². The number of fused-ring (bicyclic) bond motifs is 1. The highest BCUT2D eigenvalue weighted by molar-refractivity contribution is 5.84. The molecule has 1 saturated heterocycles. The van der Waals surface area contributed by atoms with E-state index in [1.807, 2.05) is 12.1 Å². The monoisotopic (exact) mass is 285 g/mol. The number of aliphatic carboxylic acids is 1. The Balaban J connectivity index is 1.80. The van der Waals surface area contributed by atoms with Crippen molar-refractivity contribution in [2.75, 3.05) is 20.2 Å². The third-order valence-electron chi connectivity index (χ3n) is 4.36. The second-order valence-corrected chi connectivity index (χ2v) is 5.64. The number of carboxylic acids is 1. The minimum absolute atomic E-state index is 0.211. The molecule has 21 heavy (non-hydrogen) atoms. The van der Waals surface area contributed by atoms with Gasteiger partial charge in [-0.3, -0.25) is 9.69 Å². The molecule has 1 heterocycles. The number of benzene rings is 2. The Hall–Kier alpha value is -2.07. The summed E-state index contributed by atoms with van der Waals surface area (Å²) >= 11 is 0. The second-order valence-electron chi connectivity index (χ2n) is 5.64. The van der Waals surface area contributed by atoms with Gasteiger partial charge in [0.2, 0.25) is 0 Å². The van der Waals surface area contributed by atoms with Crippen molar-refractivity contribution in [2.45, 2.75) is 13.0 Å². The van der Waals surface area contributed by atoms with Crippen molar-refractivity contribution in [3.63, 3.8) is 0 Å². The Morgan fingerprint density at radius 3 is 2.57 bits per heavy atom. The molecule has 0 aromatic heterocycles. The number of rotatable bonds is 4. The molecule has 110 valence electrons. The first kappa shape index (κ1) is 13.9. The number of hydrogen-bond donors (Lipinski definition) is 1. The molecular weight excluding hydrogens is 266 g/mol. The van der Waals surface area contributed by atoms with Crippen LogP contribution in [0.3, 0.4) is 0 Å². The van der Waals surface area contributed by atoms with E-state index in [4.69, 9.17) is 9.84 Å². The molecule has 3 rings (SSSR count). The first-order chi connectivity index (χ1) is 10.1. The first-order valence-electron chi connectivity index (χ1n) is 7.13. The molecule has 1 N–H and O–H groups in total. The van der Waals surface area contributed by atoms with Crippen molar-refractivity contribution in [3.05, 3.63) is 42.0 Å². The summed E-state index contributed by atoms with van der Waals surface area (Å²) in [5, 5.41) is 11.3. The number of ether oxygens (including phenoxy) is 1. The quantitative estimate of drug-likeness (QED) is 0.938. The largest absolute Gasteiger partial charge is 0.497 e. The molecule has 2 aromatic carbocycles. The van der Waals surface area contributed by atoms with Crippen LogP contribution in [-0.4, -0.2) is 36.2 Å². The van der Waals surface area contributed by atoms with Crippen LogP contribution in [0, 0.1) is 5.92 Å². The van der Waals surface area contributed by atoms with Gasteiger partial charge < -0.3 is 9.84 Å². The Labute approximate surface area is 123 Å². The Bertz CT molecular complexity index is 677. The number of nitrogens with zero attached hydrogens (tertiary/aromatic N) is 1. The van der Waals surface area contributed by atoms with E-state index in [0.29, 0.717) is 13.1 Å². The summed E-state index contributed by atoms with van der Waals surface area (Å²) in [6.07, 6.45) is 0. The van der Waals surface area contributed by atoms with Crippen LogP contribution in [0.15, 0.2) is 36.4 Å². The van der Waals surface area contributed by atoms with E-state index < -0.39 is 5.97 Å². The average molecular weight is 285 g/mol. The topological polar surface area (TPSA) is 49.8 Å². The molecule has 0 spiro atoms. The fraction of sp³-hybridized carbons (Fsp3) is 0.353. The third kappa shape index (κ3) is 2.59. The Morgan fingerprint density at radius 1 is 1.24 bits per heavy atom. The highest BCUT2D eigenvalue weighted by atomic mass is 16.5. The van der Waals surface area contributed by atoms with Gasteiger partial charge in [-0.15, -0.1) is 0 Å². The highest BCUT2D eigenvalue weighted by Crippen LogP contribution is 2.31. The fourth-order valence-electron chi connectivity index (χ4n) is 2.83. The van der Waals surface area contributed by atoms with Gasteiger partial charge in [0, 0.05) is 19.1 Å². The van der Waals surface area contributed by atoms with Gasteiger partial charge in [0.25, 0.3) is 0 Å². The number of carboxylic acid groups (broad SMARTS) is 1. The van der Waals surface area contributed by atoms with Gasteiger partial charge in [0.1, 0.15) is 5.75 Å². The van der Waals surface area contributed by atoms with Crippen molar-refractivity contribution in [3.8, 4) is 5.75 Å². The molecule has 1 unspecified atom stereocenters. The van der Waals surface area contributed by atoms with Crippen LogP contribution in [0.1, 0.15) is 18.5 Å². The second kappa shape index (κ2) is 5.37. The molecule has 4 heteroatoms. The van der Waals surface area contributed by atoms with Crippen LogP contribution < -0.4 is 4.74 Å². The lowest BCUT2D eigenvalue weighted by atomic mass is 9.94. The zero-order valence-electron chi connectivity index (χ0n) is 12.2. The van der Waals surface area contributed by atoms with E-state index in [0.717, 1.165) is 11.1 Å². The van der Waals surface area contributed by atoms with Gasteiger partial charge in [-0.25, -0.2) is 0 Å². The molecule has 1 aliphatic heterocycles. The molecule has 0 aliphatic carbocycles. The van der Waals surface area contributed by atoms with Crippen LogP contribution in [0.25, 0.3) is 10.8 Å². The molecule has 4 nitrogen and oxygen atoms in total. The minimum Gasteiger partial charge on any atom is -0.497 e. The maximum absolute atomic E-state index is 10.9. The smallest absolute Gasteiger partial charge is 0.309 e. The summed E-state index contributed by atoms with van der Waals surface area (Å²) in [7, 11) is 1.67. The standard InChI is InChI=1S/C17H19NO3/c1-11(18-9-15(10-18)17(19)20)12-3-4-14-8-16(21-2)6-5-13(14)7-12/h3-8,11,15H,9-10H2,1-2H3,(H,19,20). The van der Waals surface area contributed by atoms with E-state index >= 15 is 0 Å². The van der Waals surface area contributed by atoms with Crippen molar-refractivity contribution >= 4 is 16.7 Å². The summed E-state index contributed by atoms with van der Waals surface area (Å²) in [5.74, 6) is -0.0448. The van der Waals surface area contributed by atoms with Crippen molar-refractivity contribution in [1.29, 1.82) is 0 Å². The molecule has 0 amide bonds. The van der Waals surface area contributed by atoms with Crippen LogP contribution in [0.5, 0.6) is 5.75 Å². The predicted molar refractivity (Wildman–Crippen MR) is 81.6 cm³/mol. The molecule has 0 bridgehead atoms. The van der Waals surface area contributed by atoms with Gasteiger partial charge in [-0.2, -0.15) is 0 Å².